The highest BCUT2D eigenvalue weighted by Crippen LogP contribution is 2.26. The van der Waals surface area contributed by atoms with Gasteiger partial charge in [-0.2, -0.15) is 0 Å². The van der Waals surface area contributed by atoms with Gasteiger partial charge < -0.3 is 14.2 Å². The number of benzene rings is 2. The summed E-state index contributed by atoms with van der Waals surface area (Å²) in [6.45, 7) is 0.315. The first kappa shape index (κ1) is 16.0. The first-order valence-corrected chi connectivity index (χ1v) is 6.58. The van der Waals surface area contributed by atoms with Crippen molar-refractivity contribution >= 4 is 0 Å². The van der Waals surface area contributed by atoms with Crippen molar-refractivity contribution in [2.75, 3.05) is 13.7 Å². The Morgan fingerprint density at radius 1 is 0.955 bits per heavy atom. The van der Waals surface area contributed by atoms with Crippen LogP contribution in [-0.4, -0.2) is 20.1 Å². The zero-order valence-corrected chi connectivity index (χ0v) is 11.9. The minimum Gasteiger partial charge on any atom is -0.493 e. The molecule has 0 atom stereocenters. The SMILES string of the molecule is COc1ccccc1OCCc1cccc(OC(F)(F)F)c1. The summed E-state index contributed by atoms with van der Waals surface area (Å²) in [4.78, 5) is 0. The van der Waals surface area contributed by atoms with Gasteiger partial charge in [-0.3, -0.25) is 0 Å². The highest BCUT2D eigenvalue weighted by molar-refractivity contribution is 5.39. The summed E-state index contributed by atoms with van der Waals surface area (Å²) in [5.74, 6) is 0.964. The number of ether oxygens (including phenoxy) is 3. The molecule has 0 aliphatic rings. The van der Waals surface area contributed by atoms with E-state index in [0.29, 0.717) is 30.1 Å². The lowest BCUT2D eigenvalue weighted by molar-refractivity contribution is -0.274. The Morgan fingerprint density at radius 3 is 2.36 bits per heavy atom. The number of hydrogen-bond donors (Lipinski definition) is 0. The Kier molecular flexibility index (Phi) is 5.14. The standard InChI is InChI=1S/C16H15F3O3/c1-20-14-7-2-3-8-15(14)21-10-9-12-5-4-6-13(11-12)22-16(17,18)19/h2-8,11H,9-10H2,1H3. The second-order valence-electron chi connectivity index (χ2n) is 4.44. The Hall–Kier alpha value is -2.37. The van der Waals surface area contributed by atoms with Gasteiger partial charge >= 0.3 is 6.36 Å². The van der Waals surface area contributed by atoms with Gasteiger partial charge in [0.15, 0.2) is 11.5 Å². The lowest BCUT2D eigenvalue weighted by Crippen LogP contribution is -2.17. The molecule has 0 aliphatic carbocycles. The van der Waals surface area contributed by atoms with Gasteiger partial charge in [0, 0.05) is 6.42 Å². The predicted octanol–water partition coefficient (Wildman–Crippen LogP) is 4.22. The second-order valence-corrected chi connectivity index (χ2v) is 4.44. The van der Waals surface area contributed by atoms with Crippen LogP contribution in [0.15, 0.2) is 48.5 Å². The van der Waals surface area contributed by atoms with Gasteiger partial charge in [0.05, 0.1) is 13.7 Å². The summed E-state index contributed by atoms with van der Waals surface area (Å²) in [6, 6.07) is 13.0. The van der Waals surface area contributed by atoms with E-state index in [-0.39, 0.29) is 5.75 Å². The maximum absolute atomic E-state index is 12.2. The average Bonchev–Trinajstić information content (AvgIpc) is 2.46. The molecule has 0 bridgehead atoms. The summed E-state index contributed by atoms with van der Waals surface area (Å²) in [6.07, 6.45) is -4.24. The number of para-hydroxylation sites is 2. The Balaban J connectivity index is 1.93. The molecule has 6 heteroatoms. The van der Waals surface area contributed by atoms with Crippen molar-refractivity contribution in [3.05, 3.63) is 54.1 Å². The van der Waals surface area contributed by atoms with Crippen molar-refractivity contribution < 1.29 is 27.4 Å². The molecule has 2 aromatic carbocycles. The minimum atomic E-state index is -4.69. The molecule has 0 unspecified atom stereocenters. The molecule has 0 saturated carbocycles. The van der Waals surface area contributed by atoms with Crippen LogP contribution in [-0.2, 0) is 6.42 Å². The number of halogens is 3. The molecule has 22 heavy (non-hydrogen) atoms. The molecular weight excluding hydrogens is 297 g/mol. The van der Waals surface area contributed by atoms with Gasteiger partial charge in [-0.05, 0) is 29.8 Å². The molecular formula is C16H15F3O3. The fraction of sp³-hybridized carbons (Fsp3) is 0.250. The average molecular weight is 312 g/mol. The Labute approximate surface area is 126 Å². The van der Waals surface area contributed by atoms with Crippen LogP contribution in [0.4, 0.5) is 13.2 Å². The maximum atomic E-state index is 12.2. The topological polar surface area (TPSA) is 27.7 Å². The maximum Gasteiger partial charge on any atom is 0.573 e. The minimum absolute atomic E-state index is 0.234. The largest absolute Gasteiger partial charge is 0.573 e. The molecule has 0 aromatic heterocycles. The van der Waals surface area contributed by atoms with Crippen molar-refractivity contribution in [2.24, 2.45) is 0 Å². The van der Waals surface area contributed by atoms with E-state index < -0.39 is 6.36 Å². The van der Waals surface area contributed by atoms with E-state index in [1.807, 2.05) is 12.1 Å². The van der Waals surface area contributed by atoms with E-state index in [1.165, 1.54) is 18.2 Å². The molecule has 118 valence electrons. The van der Waals surface area contributed by atoms with Crippen molar-refractivity contribution in [2.45, 2.75) is 12.8 Å². The van der Waals surface area contributed by atoms with Crippen LogP contribution in [0, 0.1) is 0 Å². The van der Waals surface area contributed by atoms with Crippen molar-refractivity contribution in [3.8, 4) is 17.2 Å². The van der Waals surface area contributed by atoms with E-state index in [2.05, 4.69) is 4.74 Å². The number of rotatable bonds is 6. The number of methoxy groups -OCH3 is 1. The first-order valence-electron chi connectivity index (χ1n) is 6.58. The molecule has 3 nitrogen and oxygen atoms in total. The highest BCUT2D eigenvalue weighted by atomic mass is 19.4. The van der Waals surface area contributed by atoms with Crippen molar-refractivity contribution in [1.82, 2.24) is 0 Å². The summed E-state index contributed by atoms with van der Waals surface area (Å²) < 4.78 is 51.1. The van der Waals surface area contributed by atoms with Crippen LogP contribution in [0.5, 0.6) is 17.2 Å². The lowest BCUT2D eigenvalue weighted by Gasteiger charge is -2.11. The molecule has 0 spiro atoms. The second kappa shape index (κ2) is 7.06. The van der Waals surface area contributed by atoms with E-state index in [1.54, 1.807) is 25.3 Å². The molecule has 0 N–H and O–H groups in total. The van der Waals surface area contributed by atoms with Gasteiger partial charge in [-0.25, -0.2) is 0 Å². The zero-order valence-electron chi connectivity index (χ0n) is 11.9. The lowest BCUT2D eigenvalue weighted by atomic mass is 10.1. The van der Waals surface area contributed by atoms with Crippen LogP contribution in [0.2, 0.25) is 0 Å². The van der Waals surface area contributed by atoms with Crippen LogP contribution >= 0.6 is 0 Å². The molecule has 0 aliphatic heterocycles. The van der Waals surface area contributed by atoms with Crippen LogP contribution in [0.25, 0.3) is 0 Å². The molecule has 0 radical (unpaired) electrons. The third-order valence-corrected chi connectivity index (χ3v) is 2.85. The van der Waals surface area contributed by atoms with Gasteiger partial charge in [-0.15, -0.1) is 13.2 Å². The van der Waals surface area contributed by atoms with Crippen LogP contribution < -0.4 is 14.2 Å². The quantitative estimate of drug-likeness (QED) is 0.799. The summed E-state index contributed by atoms with van der Waals surface area (Å²) in [5.41, 5.74) is 0.691. The molecule has 0 fully saturated rings. The predicted molar refractivity (Wildman–Crippen MR) is 75.3 cm³/mol. The van der Waals surface area contributed by atoms with Crippen molar-refractivity contribution in [3.63, 3.8) is 0 Å². The summed E-state index contributed by atoms with van der Waals surface area (Å²) >= 11 is 0. The van der Waals surface area contributed by atoms with Gasteiger partial charge in [0.2, 0.25) is 0 Å². The van der Waals surface area contributed by atoms with E-state index >= 15 is 0 Å². The first-order chi connectivity index (χ1) is 10.5. The summed E-state index contributed by atoms with van der Waals surface area (Å²) in [5, 5.41) is 0. The molecule has 0 heterocycles. The van der Waals surface area contributed by atoms with E-state index in [0.717, 1.165) is 0 Å². The molecule has 0 saturated heterocycles. The fourth-order valence-corrected chi connectivity index (χ4v) is 1.91. The highest BCUT2D eigenvalue weighted by Gasteiger charge is 2.31. The number of alkyl halides is 3. The van der Waals surface area contributed by atoms with E-state index in [4.69, 9.17) is 9.47 Å². The Morgan fingerprint density at radius 2 is 1.68 bits per heavy atom. The molecule has 2 aromatic rings. The van der Waals surface area contributed by atoms with Gasteiger partial charge in [0.1, 0.15) is 5.75 Å². The van der Waals surface area contributed by atoms with E-state index in [9.17, 15) is 13.2 Å². The van der Waals surface area contributed by atoms with Crippen LogP contribution in [0.3, 0.4) is 0 Å². The number of hydrogen-bond acceptors (Lipinski definition) is 3. The van der Waals surface area contributed by atoms with Gasteiger partial charge in [0.25, 0.3) is 0 Å². The zero-order chi connectivity index (χ0) is 16.0. The summed E-state index contributed by atoms with van der Waals surface area (Å²) in [7, 11) is 1.54. The third kappa shape index (κ3) is 4.87. The molecule has 2 rings (SSSR count). The third-order valence-electron chi connectivity index (χ3n) is 2.85. The van der Waals surface area contributed by atoms with Crippen molar-refractivity contribution in [1.29, 1.82) is 0 Å². The van der Waals surface area contributed by atoms with Crippen LogP contribution in [0.1, 0.15) is 5.56 Å². The fourth-order valence-electron chi connectivity index (χ4n) is 1.91. The monoisotopic (exact) mass is 312 g/mol. The van der Waals surface area contributed by atoms with Gasteiger partial charge in [-0.1, -0.05) is 24.3 Å². The Bertz CT molecular complexity index is 612. The normalized spacial score (nSPS) is 11.1. The molecule has 0 amide bonds. The smallest absolute Gasteiger partial charge is 0.493 e.